The van der Waals surface area contributed by atoms with Crippen LogP contribution in [0.4, 0.5) is 5.69 Å². The molecule has 2 aromatic carbocycles. The number of nitrogens with one attached hydrogen (secondary N) is 1. The lowest BCUT2D eigenvalue weighted by molar-refractivity contribution is -0.134. The smallest absolute Gasteiger partial charge is 0.259 e. The van der Waals surface area contributed by atoms with Crippen LogP contribution < -0.4 is 10.2 Å². The van der Waals surface area contributed by atoms with Gasteiger partial charge in [0.1, 0.15) is 6.04 Å². The van der Waals surface area contributed by atoms with E-state index < -0.39 is 11.9 Å². The van der Waals surface area contributed by atoms with Gasteiger partial charge in [0.25, 0.3) is 5.91 Å². The molecule has 1 aromatic heterocycles. The summed E-state index contributed by atoms with van der Waals surface area (Å²) < 4.78 is 2.10. The summed E-state index contributed by atoms with van der Waals surface area (Å²) in [6.07, 6.45) is 10.6. The minimum atomic E-state index is -0.685. The Hall–Kier alpha value is -4.03. The Balaban J connectivity index is 1.08. The van der Waals surface area contributed by atoms with Crippen LogP contribution in [0.2, 0.25) is 0 Å². The summed E-state index contributed by atoms with van der Waals surface area (Å²) in [6, 6.07) is 12.0. The Morgan fingerprint density at radius 1 is 1.07 bits per heavy atom. The summed E-state index contributed by atoms with van der Waals surface area (Å²) in [7, 11) is 0. The maximum absolute atomic E-state index is 13.4. The molecule has 1 unspecified atom stereocenters. The van der Waals surface area contributed by atoms with E-state index in [4.69, 9.17) is 5.10 Å². The molecule has 1 aliphatic carbocycles. The van der Waals surface area contributed by atoms with Crippen LogP contribution in [-0.4, -0.2) is 58.1 Å². The number of carbonyl (C=O) groups is 3. The van der Waals surface area contributed by atoms with Crippen molar-refractivity contribution in [1.82, 2.24) is 20.0 Å². The van der Waals surface area contributed by atoms with Gasteiger partial charge in [0.15, 0.2) is 0 Å². The molecule has 4 heterocycles. The van der Waals surface area contributed by atoms with Gasteiger partial charge in [-0.2, -0.15) is 10.4 Å². The van der Waals surface area contributed by atoms with Crippen LogP contribution in [0.25, 0.3) is 10.8 Å². The molecule has 1 N–H and O–H groups in total. The van der Waals surface area contributed by atoms with Gasteiger partial charge in [0, 0.05) is 49.6 Å². The van der Waals surface area contributed by atoms with Gasteiger partial charge in [0.05, 0.1) is 29.4 Å². The normalized spacial score (nSPS) is 22.8. The predicted octanol–water partition coefficient (Wildman–Crippen LogP) is 3.72. The van der Waals surface area contributed by atoms with Gasteiger partial charge in [0.2, 0.25) is 11.8 Å². The summed E-state index contributed by atoms with van der Waals surface area (Å²) in [5.74, 6) is -0.900. The minimum absolute atomic E-state index is 0.116. The second kappa shape index (κ2) is 9.56. The minimum Gasteiger partial charge on any atom is -0.302 e. The highest BCUT2D eigenvalue weighted by molar-refractivity contribution is 6.27. The maximum Gasteiger partial charge on any atom is 0.259 e. The molecule has 1 atom stereocenters. The highest BCUT2D eigenvalue weighted by Gasteiger charge is 2.41. The molecule has 1 saturated carbocycles. The molecule has 204 valence electrons. The summed E-state index contributed by atoms with van der Waals surface area (Å²) in [5.41, 5.74) is 3.44. The number of rotatable bonds is 6. The maximum atomic E-state index is 13.4. The SMILES string of the molecule is N#CC1(CN2CCC(n3cc(Cc4ccc5c6c(cccc46)C(=O)N5C4CCC(=O)NC4=O)cn3)CC2)CCC1. The van der Waals surface area contributed by atoms with Crippen LogP contribution in [0.15, 0.2) is 42.7 Å². The highest BCUT2D eigenvalue weighted by atomic mass is 16.2. The first-order valence-electron chi connectivity index (χ1n) is 14.3. The molecule has 0 spiro atoms. The molecule has 0 radical (unpaired) electrons. The average Bonchev–Trinajstić information content (AvgIpc) is 3.52. The number of aromatic nitrogens is 2. The Morgan fingerprint density at radius 3 is 2.62 bits per heavy atom. The fourth-order valence-electron chi connectivity index (χ4n) is 7.03. The first-order valence-corrected chi connectivity index (χ1v) is 14.3. The molecule has 0 bridgehead atoms. The van der Waals surface area contributed by atoms with E-state index in [0.29, 0.717) is 24.4 Å². The van der Waals surface area contributed by atoms with Crippen molar-refractivity contribution in [2.24, 2.45) is 5.41 Å². The zero-order valence-corrected chi connectivity index (χ0v) is 22.4. The second-order valence-electron chi connectivity index (χ2n) is 11.9. The standard InChI is InChI=1S/C31H32N6O3/c32-18-31(11-2-12-31)19-35-13-9-22(10-14-35)36-17-20(16-33-36)15-21-5-6-25-28-23(21)3-1-4-24(28)30(40)37(25)26-7-8-27(38)34-29(26)39/h1,3-6,16-17,22,26H,2,7-15,19H2,(H,34,38,39). The van der Waals surface area contributed by atoms with Crippen molar-refractivity contribution in [2.45, 2.75) is 63.5 Å². The van der Waals surface area contributed by atoms with E-state index in [9.17, 15) is 19.6 Å². The molecule has 3 amide bonds. The van der Waals surface area contributed by atoms with E-state index in [0.717, 1.165) is 72.9 Å². The highest BCUT2D eigenvalue weighted by Crippen LogP contribution is 2.43. The van der Waals surface area contributed by atoms with Gasteiger partial charge in [-0.3, -0.25) is 29.3 Å². The monoisotopic (exact) mass is 536 g/mol. The number of benzene rings is 2. The lowest BCUT2D eigenvalue weighted by atomic mass is 9.69. The number of hydrogen-bond acceptors (Lipinski definition) is 6. The van der Waals surface area contributed by atoms with Crippen molar-refractivity contribution in [3.8, 4) is 6.07 Å². The molecule has 40 heavy (non-hydrogen) atoms. The number of hydrogen-bond donors (Lipinski definition) is 1. The average molecular weight is 537 g/mol. The largest absolute Gasteiger partial charge is 0.302 e. The fraction of sp³-hybridized carbons (Fsp3) is 0.452. The molecule has 7 rings (SSSR count). The Labute approximate surface area is 232 Å². The van der Waals surface area contributed by atoms with E-state index in [1.807, 2.05) is 36.5 Å². The van der Waals surface area contributed by atoms with E-state index in [1.165, 1.54) is 6.42 Å². The van der Waals surface area contributed by atoms with Crippen LogP contribution in [0.3, 0.4) is 0 Å². The third-order valence-corrected chi connectivity index (χ3v) is 9.39. The van der Waals surface area contributed by atoms with Crippen molar-refractivity contribution >= 4 is 34.2 Å². The molecule has 2 saturated heterocycles. The number of piperidine rings is 2. The number of nitriles is 1. The first-order chi connectivity index (χ1) is 19.4. The number of imide groups is 1. The van der Waals surface area contributed by atoms with Crippen LogP contribution in [0, 0.1) is 16.7 Å². The van der Waals surface area contributed by atoms with Crippen molar-refractivity contribution in [2.75, 3.05) is 24.5 Å². The predicted molar refractivity (Wildman–Crippen MR) is 149 cm³/mol. The number of anilines is 1. The van der Waals surface area contributed by atoms with Crippen molar-refractivity contribution < 1.29 is 14.4 Å². The van der Waals surface area contributed by atoms with Crippen LogP contribution in [-0.2, 0) is 16.0 Å². The number of likely N-dealkylation sites (tertiary alicyclic amines) is 1. The van der Waals surface area contributed by atoms with Crippen LogP contribution in [0.5, 0.6) is 0 Å². The van der Waals surface area contributed by atoms with E-state index >= 15 is 0 Å². The van der Waals surface area contributed by atoms with Gasteiger partial charge in [-0.15, -0.1) is 0 Å². The summed E-state index contributed by atoms with van der Waals surface area (Å²) >= 11 is 0. The second-order valence-corrected chi connectivity index (χ2v) is 11.9. The van der Waals surface area contributed by atoms with Gasteiger partial charge >= 0.3 is 0 Å². The number of nitrogens with zero attached hydrogens (tertiary/aromatic N) is 5. The quantitative estimate of drug-likeness (QED) is 0.481. The third-order valence-electron chi connectivity index (χ3n) is 9.39. The lowest BCUT2D eigenvalue weighted by Gasteiger charge is -2.41. The molecule has 3 aromatic rings. The van der Waals surface area contributed by atoms with Crippen LogP contribution >= 0.6 is 0 Å². The summed E-state index contributed by atoms with van der Waals surface area (Å²) in [6.45, 7) is 2.89. The van der Waals surface area contributed by atoms with E-state index in [-0.39, 0.29) is 23.7 Å². The summed E-state index contributed by atoms with van der Waals surface area (Å²) in [5, 5.41) is 18.6. The molecule has 3 fully saturated rings. The molecular formula is C31H32N6O3. The van der Waals surface area contributed by atoms with E-state index in [1.54, 1.807) is 4.90 Å². The van der Waals surface area contributed by atoms with Gasteiger partial charge in [-0.05, 0) is 60.7 Å². The van der Waals surface area contributed by atoms with Gasteiger partial charge < -0.3 is 4.90 Å². The molecule has 3 aliphatic heterocycles. The zero-order valence-electron chi connectivity index (χ0n) is 22.4. The van der Waals surface area contributed by atoms with Gasteiger partial charge in [-0.25, -0.2) is 0 Å². The Morgan fingerprint density at radius 2 is 1.90 bits per heavy atom. The molecule has 9 nitrogen and oxygen atoms in total. The topological polar surface area (TPSA) is 111 Å². The molecular weight excluding hydrogens is 504 g/mol. The Bertz CT molecular complexity index is 1570. The molecule has 4 aliphatic rings. The summed E-state index contributed by atoms with van der Waals surface area (Å²) in [4.78, 5) is 41.7. The zero-order chi connectivity index (χ0) is 27.4. The van der Waals surface area contributed by atoms with E-state index in [2.05, 4.69) is 27.2 Å². The Kier molecular flexibility index (Phi) is 5.97. The van der Waals surface area contributed by atoms with Gasteiger partial charge in [-0.1, -0.05) is 24.6 Å². The van der Waals surface area contributed by atoms with Crippen LogP contribution in [0.1, 0.15) is 72.5 Å². The van der Waals surface area contributed by atoms with Crippen molar-refractivity contribution in [1.29, 1.82) is 5.26 Å². The third kappa shape index (κ3) is 4.09. The lowest BCUT2D eigenvalue weighted by Crippen LogP contribution is -2.53. The first kappa shape index (κ1) is 25.0. The number of carbonyl (C=O) groups excluding carboxylic acids is 3. The number of amides is 3. The van der Waals surface area contributed by atoms with Crippen molar-refractivity contribution in [3.05, 3.63) is 59.4 Å². The fourth-order valence-corrected chi connectivity index (χ4v) is 7.03. The molecule has 9 heteroatoms. The van der Waals surface area contributed by atoms with Crippen molar-refractivity contribution in [3.63, 3.8) is 0 Å².